The molecule has 2 aromatic rings. The number of ether oxygens (including phenoxy) is 1. The molecular weight excluding hydrogens is 308 g/mol. The molecule has 1 N–H and O–H groups in total. The lowest BCUT2D eigenvalue weighted by atomic mass is 10.1. The van der Waals surface area contributed by atoms with Crippen molar-refractivity contribution in [3.63, 3.8) is 0 Å². The molecule has 2 fully saturated rings. The Morgan fingerprint density at radius 1 is 1.29 bits per heavy atom. The normalized spacial score (nSPS) is 24.5. The van der Waals surface area contributed by atoms with Gasteiger partial charge in [-0.25, -0.2) is 0 Å². The largest absolute Gasteiger partial charge is 0.454 e. The minimum atomic E-state index is -0.179. The first kappa shape index (κ1) is 15.4. The number of furan rings is 1. The van der Waals surface area contributed by atoms with E-state index in [0.29, 0.717) is 31.3 Å². The highest BCUT2D eigenvalue weighted by molar-refractivity contribution is 5.91. The first-order valence-corrected chi connectivity index (χ1v) is 8.48. The molecule has 0 aromatic carbocycles. The van der Waals surface area contributed by atoms with E-state index in [9.17, 15) is 4.79 Å². The Kier molecular flexibility index (Phi) is 4.36. The molecule has 0 aliphatic carbocycles. The molecular formula is C17H22N4O3. The van der Waals surface area contributed by atoms with Crippen LogP contribution in [0.3, 0.4) is 0 Å². The van der Waals surface area contributed by atoms with Crippen molar-refractivity contribution in [3.8, 4) is 0 Å². The summed E-state index contributed by atoms with van der Waals surface area (Å²) in [6, 6.07) is 5.69. The van der Waals surface area contributed by atoms with E-state index >= 15 is 0 Å². The molecule has 2 aromatic heterocycles. The topological polar surface area (TPSA) is 72.5 Å². The Morgan fingerprint density at radius 2 is 2.17 bits per heavy atom. The Morgan fingerprint density at radius 3 is 2.96 bits per heavy atom. The van der Waals surface area contributed by atoms with Crippen LogP contribution in [0.5, 0.6) is 0 Å². The maximum Gasteiger partial charge on any atom is 0.287 e. The van der Waals surface area contributed by atoms with Gasteiger partial charge in [-0.2, -0.15) is 5.10 Å². The number of amides is 1. The third-order valence-electron chi connectivity index (χ3n) is 4.74. The quantitative estimate of drug-likeness (QED) is 0.889. The predicted molar refractivity (Wildman–Crippen MR) is 86.7 cm³/mol. The van der Waals surface area contributed by atoms with Crippen molar-refractivity contribution in [1.82, 2.24) is 20.0 Å². The standard InChI is InChI=1S/C17H22N4O3/c22-17(16-5-4-13(24-16)10-21-9-3-6-18-21)19-14-11-23-12-15(14)20-7-1-2-8-20/h3-6,9,14-15H,1-2,7-8,10-12H2,(H,19,22)/t14-,15-/m1/s1. The average molecular weight is 330 g/mol. The molecule has 7 heteroatoms. The fourth-order valence-corrected chi connectivity index (χ4v) is 3.49. The molecule has 0 bridgehead atoms. The maximum absolute atomic E-state index is 12.5. The second-order valence-electron chi connectivity index (χ2n) is 6.40. The van der Waals surface area contributed by atoms with Crippen LogP contribution in [0.2, 0.25) is 0 Å². The molecule has 0 unspecified atom stereocenters. The summed E-state index contributed by atoms with van der Waals surface area (Å²) in [4.78, 5) is 14.9. The molecule has 2 aliphatic heterocycles. The zero-order valence-electron chi connectivity index (χ0n) is 13.6. The molecule has 4 heterocycles. The molecule has 0 radical (unpaired) electrons. The van der Waals surface area contributed by atoms with Gasteiger partial charge in [-0.05, 0) is 44.1 Å². The van der Waals surface area contributed by atoms with Crippen LogP contribution in [0.1, 0.15) is 29.2 Å². The molecule has 128 valence electrons. The number of carbonyl (C=O) groups is 1. The molecule has 0 saturated carbocycles. The van der Waals surface area contributed by atoms with E-state index in [2.05, 4.69) is 15.3 Å². The number of likely N-dealkylation sites (tertiary alicyclic amines) is 1. The monoisotopic (exact) mass is 330 g/mol. The van der Waals surface area contributed by atoms with Crippen LogP contribution in [-0.2, 0) is 11.3 Å². The second kappa shape index (κ2) is 6.78. The number of rotatable bonds is 5. The first-order chi connectivity index (χ1) is 11.8. The summed E-state index contributed by atoms with van der Waals surface area (Å²) in [5.74, 6) is 0.869. The average Bonchev–Trinajstić information content (AvgIpc) is 3.36. The fraction of sp³-hybridized carbons (Fsp3) is 0.529. The van der Waals surface area contributed by atoms with Crippen molar-refractivity contribution in [2.75, 3.05) is 26.3 Å². The Balaban J connectivity index is 1.38. The second-order valence-corrected chi connectivity index (χ2v) is 6.40. The highest BCUT2D eigenvalue weighted by Gasteiger charge is 2.35. The van der Waals surface area contributed by atoms with E-state index in [1.54, 1.807) is 16.9 Å². The molecule has 2 atom stereocenters. The van der Waals surface area contributed by atoms with E-state index < -0.39 is 0 Å². The zero-order valence-corrected chi connectivity index (χ0v) is 13.6. The number of nitrogens with zero attached hydrogens (tertiary/aromatic N) is 3. The molecule has 2 saturated heterocycles. The molecule has 24 heavy (non-hydrogen) atoms. The molecule has 0 spiro atoms. The SMILES string of the molecule is O=C(N[C@@H]1COC[C@H]1N1CCCC1)c1ccc(Cn2cccn2)o1. The summed E-state index contributed by atoms with van der Waals surface area (Å²) < 4.78 is 13.0. The van der Waals surface area contributed by atoms with Gasteiger partial charge in [0.05, 0.1) is 31.8 Å². The number of aromatic nitrogens is 2. The van der Waals surface area contributed by atoms with Gasteiger partial charge in [-0.15, -0.1) is 0 Å². The smallest absolute Gasteiger partial charge is 0.287 e. The van der Waals surface area contributed by atoms with E-state index in [1.165, 1.54) is 12.8 Å². The Hall–Kier alpha value is -2.12. The van der Waals surface area contributed by atoms with Crippen molar-refractivity contribution in [1.29, 1.82) is 0 Å². The number of carbonyl (C=O) groups excluding carboxylic acids is 1. The minimum absolute atomic E-state index is 0.0234. The summed E-state index contributed by atoms with van der Waals surface area (Å²) in [5, 5.41) is 7.21. The summed E-state index contributed by atoms with van der Waals surface area (Å²) in [6.45, 7) is 3.95. The highest BCUT2D eigenvalue weighted by atomic mass is 16.5. The third kappa shape index (κ3) is 3.22. The van der Waals surface area contributed by atoms with Crippen LogP contribution in [0.25, 0.3) is 0 Å². The van der Waals surface area contributed by atoms with Gasteiger partial charge in [0, 0.05) is 12.4 Å². The molecule has 1 amide bonds. The number of hydrogen-bond acceptors (Lipinski definition) is 5. The van der Waals surface area contributed by atoms with Crippen molar-refractivity contribution < 1.29 is 13.9 Å². The van der Waals surface area contributed by atoms with Gasteiger partial charge < -0.3 is 14.5 Å². The van der Waals surface area contributed by atoms with E-state index in [1.807, 2.05) is 18.3 Å². The van der Waals surface area contributed by atoms with E-state index in [-0.39, 0.29) is 18.0 Å². The third-order valence-corrected chi connectivity index (χ3v) is 4.74. The van der Waals surface area contributed by atoms with Crippen molar-refractivity contribution >= 4 is 5.91 Å². The van der Waals surface area contributed by atoms with Crippen LogP contribution < -0.4 is 5.32 Å². The summed E-state index contributed by atoms with van der Waals surface area (Å²) in [5.41, 5.74) is 0. The number of hydrogen-bond donors (Lipinski definition) is 1. The van der Waals surface area contributed by atoms with Gasteiger partial charge in [-0.3, -0.25) is 14.4 Å². The van der Waals surface area contributed by atoms with Crippen molar-refractivity contribution in [3.05, 3.63) is 42.1 Å². The molecule has 2 aliphatic rings. The lowest BCUT2D eigenvalue weighted by Crippen LogP contribution is -2.50. The summed E-state index contributed by atoms with van der Waals surface area (Å²) >= 11 is 0. The van der Waals surface area contributed by atoms with Gasteiger partial charge >= 0.3 is 0 Å². The summed E-state index contributed by atoms with van der Waals surface area (Å²) in [7, 11) is 0. The van der Waals surface area contributed by atoms with Gasteiger partial charge in [0.25, 0.3) is 5.91 Å². The maximum atomic E-state index is 12.5. The minimum Gasteiger partial charge on any atom is -0.454 e. The Labute approximate surface area is 140 Å². The zero-order chi connectivity index (χ0) is 16.4. The fourth-order valence-electron chi connectivity index (χ4n) is 3.49. The van der Waals surface area contributed by atoms with Gasteiger partial charge in [0.15, 0.2) is 5.76 Å². The van der Waals surface area contributed by atoms with Gasteiger partial charge in [-0.1, -0.05) is 0 Å². The van der Waals surface area contributed by atoms with Gasteiger partial charge in [0.2, 0.25) is 0 Å². The van der Waals surface area contributed by atoms with E-state index in [4.69, 9.17) is 9.15 Å². The first-order valence-electron chi connectivity index (χ1n) is 8.48. The molecule has 7 nitrogen and oxygen atoms in total. The summed E-state index contributed by atoms with van der Waals surface area (Å²) in [6.07, 6.45) is 6.03. The van der Waals surface area contributed by atoms with Gasteiger partial charge in [0.1, 0.15) is 5.76 Å². The van der Waals surface area contributed by atoms with E-state index in [0.717, 1.165) is 13.1 Å². The van der Waals surface area contributed by atoms with Crippen molar-refractivity contribution in [2.24, 2.45) is 0 Å². The Bertz CT molecular complexity index is 676. The van der Waals surface area contributed by atoms with Crippen LogP contribution in [-0.4, -0.2) is 59.0 Å². The predicted octanol–water partition coefficient (Wildman–Crippen LogP) is 1.12. The lowest BCUT2D eigenvalue weighted by Gasteiger charge is -2.27. The highest BCUT2D eigenvalue weighted by Crippen LogP contribution is 2.19. The molecule has 4 rings (SSSR count). The van der Waals surface area contributed by atoms with Crippen LogP contribution >= 0.6 is 0 Å². The number of nitrogens with one attached hydrogen (secondary N) is 1. The van der Waals surface area contributed by atoms with Crippen LogP contribution in [0.15, 0.2) is 35.0 Å². The van der Waals surface area contributed by atoms with Crippen LogP contribution in [0.4, 0.5) is 0 Å². The van der Waals surface area contributed by atoms with Crippen molar-refractivity contribution in [2.45, 2.75) is 31.5 Å². The van der Waals surface area contributed by atoms with Crippen LogP contribution in [0, 0.1) is 0 Å². The lowest BCUT2D eigenvalue weighted by molar-refractivity contribution is 0.0886.